The van der Waals surface area contributed by atoms with Crippen molar-refractivity contribution in [2.75, 3.05) is 26.4 Å². The van der Waals surface area contributed by atoms with Gasteiger partial charge < -0.3 is 10.6 Å². The fraction of sp³-hybridized carbons (Fsp3) is 0.667. The van der Waals surface area contributed by atoms with E-state index in [2.05, 4.69) is 35.4 Å². The Hall–Kier alpha value is 0.0900. The third-order valence-electron chi connectivity index (χ3n) is 1.60. The molecule has 2 N–H and O–H groups in total. The Morgan fingerprint density at radius 3 is 2.64 bits per heavy atom. The fourth-order valence-electron chi connectivity index (χ4n) is 0.713. The second kappa shape index (κ2) is 11.2. The molecule has 84 valence electrons. The number of hydrogen-bond acceptors (Lipinski definition) is 2. The van der Waals surface area contributed by atoms with Gasteiger partial charge in [-0.2, -0.15) is 11.8 Å². The summed E-state index contributed by atoms with van der Waals surface area (Å²) in [7, 11) is 1.77. The van der Waals surface area contributed by atoms with E-state index in [9.17, 15) is 0 Å². The lowest BCUT2D eigenvalue weighted by atomic mass is 10.5. The summed E-state index contributed by atoms with van der Waals surface area (Å²) in [4.78, 5) is 4.07. The van der Waals surface area contributed by atoms with Crippen molar-refractivity contribution in [3.05, 3.63) is 12.7 Å². The predicted molar refractivity (Wildman–Crippen MR) is 78.0 cm³/mol. The van der Waals surface area contributed by atoms with Crippen LogP contribution in [0, 0.1) is 0 Å². The van der Waals surface area contributed by atoms with E-state index in [1.807, 2.05) is 17.8 Å². The van der Waals surface area contributed by atoms with Gasteiger partial charge in [0.2, 0.25) is 0 Å². The minimum Gasteiger partial charge on any atom is -0.355 e. The summed E-state index contributed by atoms with van der Waals surface area (Å²) in [5.41, 5.74) is 0. The van der Waals surface area contributed by atoms with Crippen molar-refractivity contribution < 1.29 is 0 Å². The summed E-state index contributed by atoms with van der Waals surface area (Å²) in [5.74, 6) is 0.834. The van der Waals surface area contributed by atoms with Crippen LogP contribution in [0.2, 0.25) is 0 Å². The summed E-state index contributed by atoms with van der Waals surface area (Å²) in [5, 5.41) is 6.93. The largest absolute Gasteiger partial charge is 0.355 e. The molecule has 0 aliphatic heterocycles. The van der Waals surface area contributed by atoms with Crippen LogP contribution in [0.4, 0.5) is 0 Å². The molecule has 1 unspecified atom stereocenters. The number of nitrogens with zero attached hydrogens (tertiary/aromatic N) is 1. The Morgan fingerprint density at radius 2 is 2.21 bits per heavy atom. The van der Waals surface area contributed by atoms with Gasteiger partial charge >= 0.3 is 0 Å². The molecule has 1 atom stereocenters. The average Bonchev–Trinajstić information content (AvgIpc) is 2.17. The zero-order valence-corrected chi connectivity index (χ0v) is 12.2. The molecule has 0 aromatic heterocycles. The van der Waals surface area contributed by atoms with Gasteiger partial charge in [0.1, 0.15) is 0 Å². The average molecular weight is 329 g/mol. The van der Waals surface area contributed by atoms with E-state index in [0.717, 1.165) is 19.0 Å². The van der Waals surface area contributed by atoms with Crippen LogP contribution < -0.4 is 10.6 Å². The van der Waals surface area contributed by atoms with Gasteiger partial charge in [-0.1, -0.05) is 13.0 Å². The van der Waals surface area contributed by atoms with Crippen molar-refractivity contribution in [1.82, 2.24) is 10.6 Å². The van der Waals surface area contributed by atoms with Gasteiger partial charge in [-0.05, 0) is 6.26 Å². The first-order chi connectivity index (χ1) is 6.24. The molecule has 0 aliphatic rings. The molecule has 0 saturated carbocycles. The van der Waals surface area contributed by atoms with E-state index in [-0.39, 0.29) is 24.0 Å². The monoisotopic (exact) mass is 329 g/mol. The zero-order valence-electron chi connectivity index (χ0n) is 9.04. The standard InChI is InChI=1S/C9H19N3S.HI/c1-5-6-11-9(10-3)12-7-8(2)13-4;/h5,8H,1,6-7H2,2-4H3,(H2,10,11,12);1H. The van der Waals surface area contributed by atoms with Crippen LogP contribution in [0.5, 0.6) is 0 Å². The molecule has 0 radical (unpaired) electrons. The minimum absolute atomic E-state index is 0. The fourth-order valence-corrected chi connectivity index (χ4v) is 0.963. The summed E-state index contributed by atoms with van der Waals surface area (Å²) >= 11 is 1.84. The molecule has 0 spiro atoms. The topological polar surface area (TPSA) is 36.4 Å². The second-order valence-electron chi connectivity index (χ2n) is 2.67. The maximum absolute atomic E-state index is 4.07. The lowest BCUT2D eigenvalue weighted by molar-refractivity contribution is 0.816. The van der Waals surface area contributed by atoms with Crippen LogP contribution in [-0.4, -0.2) is 37.6 Å². The van der Waals surface area contributed by atoms with Gasteiger partial charge in [0.25, 0.3) is 0 Å². The van der Waals surface area contributed by atoms with Gasteiger partial charge in [0.05, 0.1) is 0 Å². The van der Waals surface area contributed by atoms with Gasteiger partial charge in [-0.25, -0.2) is 0 Å². The van der Waals surface area contributed by atoms with Crippen molar-refractivity contribution in [3.63, 3.8) is 0 Å². The second-order valence-corrected chi connectivity index (χ2v) is 3.95. The summed E-state index contributed by atoms with van der Waals surface area (Å²) in [6, 6.07) is 0. The highest BCUT2D eigenvalue weighted by Gasteiger charge is 2.00. The molecule has 14 heavy (non-hydrogen) atoms. The van der Waals surface area contributed by atoms with Gasteiger partial charge in [-0.15, -0.1) is 30.6 Å². The number of aliphatic imine (C=N–C) groups is 1. The highest BCUT2D eigenvalue weighted by molar-refractivity contribution is 14.0. The normalized spacial score (nSPS) is 12.6. The van der Waals surface area contributed by atoms with Gasteiger partial charge in [-0.3, -0.25) is 4.99 Å². The Bertz CT molecular complexity index is 173. The first kappa shape index (κ1) is 16.5. The summed E-state index contributed by atoms with van der Waals surface area (Å²) < 4.78 is 0. The predicted octanol–water partition coefficient (Wildman–Crippen LogP) is 1.71. The first-order valence-corrected chi connectivity index (χ1v) is 5.61. The summed E-state index contributed by atoms with van der Waals surface area (Å²) in [6.07, 6.45) is 3.91. The molecule has 0 saturated heterocycles. The van der Waals surface area contributed by atoms with Crippen molar-refractivity contribution in [2.24, 2.45) is 4.99 Å². The molecule has 0 bridgehead atoms. The first-order valence-electron chi connectivity index (χ1n) is 4.32. The molecule has 0 aromatic carbocycles. The van der Waals surface area contributed by atoms with Crippen molar-refractivity contribution in [3.8, 4) is 0 Å². The van der Waals surface area contributed by atoms with E-state index >= 15 is 0 Å². The Balaban J connectivity index is 0. The lowest BCUT2D eigenvalue weighted by Gasteiger charge is -2.13. The Labute approximate surface area is 108 Å². The molecule has 0 fully saturated rings. The number of thioether (sulfide) groups is 1. The molecule has 0 aromatic rings. The van der Waals surface area contributed by atoms with E-state index in [1.54, 1.807) is 7.05 Å². The SMILES string of the molecule is C=CCNC(=NC)NCC(C)SC.I. The number of hydrogen-bond donors (Lipinski definition) is 2. The van der Waals surface area contributed by atoms with Crippen LogP contribution in [0.15, 0.2) is 17.6 Å². The van der Waals surface area contributed by atoms with Crippen LogP contribution in [0.3, 0.4) is 0 Å². The molecular weight excluding hydrogens is 309 g/mol. The maximum Gasteiger partial charge on any atom is 0.191 e. The number of nitrogens with one attached hydrogen (secondary N) is 2. The van der Waals surface area contributed by atoms with Crippen LogP contribution >= 0.6 is 35.7 Å². The molecule has 5 heteroatoms. The molecule has 3 nitrogen and oxygen atoms in total. The Kier molecular flexibility index (Phi) is 13.2. The van der Waals surface area contributed by atoms with Crippen LogP contribution in [0.1, 0.15) is 6.92 Å². The lowest BCUT2D eigenvalue weighted by Crippen LogP contribution is -2.39. The number of rotatable bonds is 5. The molecule has 0 rings (SSSR count). The molecule has 0 aliphatic carbocycles. The van der Waals surface area contributed by atoms with Gasteiger partial charge in [0.15, 0.2) is 5.96 Å². The van der Waals surface area contributed by atoms with E-state index in [1.165, 1.54) is 0 Å². The van der Waals surface area contributed by atoms with Crippen LogP contribution in [0.25, 0.3) is 0 Å². The quantitative estimate of drug-likeness (QED) is 0.349. The zero-order chi connectivity index (χ0) is 10.1. The van der Waals surface area contributed by atoms with E-state index < -0.39 is 0 Å². The van der Waals surface area contributed by atoms with Crippen molar-refractivity contribution in [2.45, 2.75) is 12.2 Å². The number of guanidine groups is 1. The smallest absolute Gasteiger partial charge is 0.191 e. The molecule has 0 heterocycles. The van der Waals surface area contributed by atoms with Crippen molar-refractivity contribution in [1.29, 1.82) is 0 Å². The minimum atomic E-state index is 0. The van der Waals surface area contributed by atoms with Crippen molar-refractivity contribution >= 4 is 41.7 Å². The van der Waals surface area contributed by atoms with Crippen LogP contribution in [-0.2, 0) is 0 Å². The summed E-state index contributed by atoms with van der Waals surface area (Å²) in [6.45, 7) is 7.48. The maximum atomic E-state index is 4.07. The highest BCUT2D eigenvalue weighted by Crippen LogP contribution is 2.01. The van der Waals surface area contributed by atoms with E-state index in [4.69, 9.17) is 0 Å². The Morgan fingerprint density at radius 1 is 1.57 bits per heavy atom. The van der Waals surface area contributed by atoms with E-state index in [0.29, 0.717) is 5.25 Å². The van der Waals surface area contributed by atoms with Gasteiger partial charge in [0, 0.05) is 25.4 Å². The highest BCUT2D eigenvalue weighted by atomic mass is 127. The number of halogens is 1. The third kappa shape index (κ3) is 8.68. The third-order valence-corrected chi connectivity index (χ3v) is 2.57. The molecular formula is C9H20IN3S. The molecule has 0 amide bonds.